The number of hydrogen-bond acceptors (Lipinski definition) is 5. The van der Waals surface area contributed by atoms with Crippen LogP contribution in [0.5, 0.6) is 0 Å². The van der Waals surface area contributed by atoms with E-state index in [-0.39, 0.29) is 24.0 Å². The van der Waals surface area contributed by atoms with E-state index in [1.165, 1.54) is 7.11 Å². The van der Waals surface area contributed by atoms with Crippen LogP contribution in [0.1, 0.15) is 33.6 Å². The van der Waals surface area contributed by atoms with Crippen molar-refractivity contribution in [2.45, 2.75) is 45.2 Å². The highest BCUT2D eigenvalue weighted by atomic mass is 16.5. The van der Waals surface area contributed by atoms with Crippen molar-refractivity contribution >= 4 is 11.9 Å². The van der Waals surface area contributed by atoms with Gasteiger partial charge in [-0.25, -0.2) is 0 Å². The second-order valence-corrected chi connectivity index (χ2v) is 5.02. The zero-order valence-corrected chi connectivity index (χ0v) is 11.6. The summed E-state index contributed by atoms with van der Waals surface area (Å²) in [5.74, 6) is -1.06. The Kier molecular flexibility index (Phi) is 7.54. The maximum Gasteiger partial charge on any atom is 0.307 e. The van der Waals surface area contributed by atoms with Gasteiger partial charge in [0.15, 0.2) is 0 Å². The summed E-state index contributed by atoms with van der Waals surface area (Å²) in [4.78, 5) is 21.6. The number of carbonyl (C=O) groups is 2. The van der Waals surface area contributed by atoms with Gasteiger partial charge in [-0.05, 0) is 20.8 Å². The first kappa shape index (κ1) is 16.9. The average Bonchev–Trinajstić information content (AvgIpc) is 2.22. The fourth-order valence-electron chi connectivity index (χ4n) is 1.55. The van der Waals surface area contributed by atoms with Crippen molar-refractivity contribution in [1.82, 2.24) is 10.6 Å². The third-order valence-corrected chi connectivity index (χ3v) is 2.52. The third-order valence-electron chi connectivity index (χ3n) is 2.52. The number of esters is 1. The van der Waals surface area contributed by atoms with Crippen LogP contribution >= 0.6 is 0 Å². The van der Waals surface area contributed by atoms with E-state index in [2.05, 4.69) is 15.4 Å². The number of nitrogens with one attached hydrogen (secondary N) is 2. The molecule has 0 aliphatic heterocycles. The molecule has 1 atom stereocenters. The molecule has 6 heteroatoms. The molecule has 0 aromatic carbocycles. The summed E-state index contributed by atoms with van der Waals surface area (Å²) < 4.78 is 4.61. The highest BCUT2D eigenvalue weighted by Gasteiger charge is 2.21. The molecule has 3 N–H and O–H groups in total. The van der Waals surface area contributed by atoms with Gasteiger partial charge in [0.1, 0.15) is 0 Å². The minimum atomic E-state index is -0.811. The summed E-state index contributed by atoms with van der Waals surface area (Å²) in [6.45, 7) is 6.98. The summed E-state index contributed by atoms with van der Waals surface area (Å²) >= 11 is 0. The van der Waals surface area contributed by atoms with Gasteiger partial charge < -0.3 is 20.5 Å². The van der Waals surface area contributed by atoms with E-state index in [1.54, 1.807) is 0 Å². The van der Waals surface area contributed by atoms with Gasteiger partial charge in [0.2, 0.25) is 0 Å². The first-order valence-electron chi connectivity index (χ1n) is 6.04. The van der Waals surface area contributed by atoms with Crippen molar-refractivity contribution < 1.29 is 19.4 Å². The standard InChI is InChI=1S/C12H24N2O4/c1-9(7-10(15)16)13-5-6-14-12(2,3)8-11(17)18-4/h9,13-14H,5-8H2,1-4H3,(H,15,16). The molecule has 6 nitrogen and oxygen atoms in total. The largest absolute Gasteiger partial charge is 0.481 e. The lowest BCUT2D eigenvalue weighted by Gasteiger charge is -2.25. The van der Waals surface area contributed by atoms with Gasteiger partial charge in [0, 0.05) is 24.7 Å². The van der Waals surface area contributed by atoms with Crippen LogP contribution in [-0.4, -0.2) is 48.8 Å². The van der Waals surface area contributed by atoms with E-state index in [9.17, 15) is 9.59 Å². The van der Waals surface area contributed by atoms with Crippen LogP contribution in [0.3, 0.4) is 0 Å². The minimum Gasteiger partial charge on any atom is -0.481 e. The van der Waals surface area contributed by atoms with Crippen LogP contribution in [0.25, 0.3) is 0 Å². The van der Waals surface area contributed by atoms with Gasteiger partial charge in [-0.2, -0.15) is 0 Å². The molecule has 0 aromatic heterocycles. The Morgan fingerprint density at radius 3 is 2.44 bits per heavy atom. The number of hydrogen-bond donors (Lipinski definition) is 3. The van der Waals surface area contributed by atoms with Gasteiger partial charge >= 0.3 is 11.9 Å². The normalized spacial score (nSPS) is 13.1. The van der Waals surface area contributed by atoms with Gasteiger partial charge in [-0.15, -0.1) is 0 Å². The molecule has 106 valence electrons. The topological polar surface area (TPSA) is 87.7 Å². The smallest absolute Gasteiger partial charge is 0.307 e. The zero-order valence-electron chi connectivity index (χ0n) is 11.6. The number of aliphatic carboxylic acids is 1. The van der Waals surface area contributed by atoms with E-state index in [4.69, 9.17) is 5.11 Å². The number of ether oxygens (including phenoxy) is 1. The molecular weight excluding hydrogens is 236 g/mol. The van der Waals surface area contributed by atoms with E-state index in [1.807, 2.05) is 20.8 Å². The van der Waals surface area contributed by atoms with Crippen molar-refractivity contribution in [2.24, 2.45) is 0 Å². The van der Waals surface area contributed by atoms with Crippen LogP contribution < -0.4 is 10.6 Å². The van der Waals surface area contributed by atoms with Gasteiger partial charge in [-0.3, -0.25) is 9.59 Å². The van der Waals surface area contributed by atoms with E-state index >= 15 is 0 Å². The monoisotopic (exact) mass is 260 g/mol. The minimum absolute atomic E-state index is 0.0620. The lowest BCUT2D eigenvalue weighted by molar-refractivity contribution is -0.142. The summed E-state index contributed by atoms with van der Waals surface area (Å²) in [6.07, 6.45) is 0.403. The third kappa shape index (κ3) is 8.95. The number of carboxylic acid groups (broad SMARTS) is 1. The summed E-state index contributed by atoms with van der Waals surface area (Å²) in [7, 11) is 1.37. The molecule has 0 rings (SSSR count). The molecule has 18 heavy (non-hydrogen) atoms. The highest BCUT2D eigenvalue weighted by Crippen LogP contribution is 2.08. The molecule has 0 radical (unpaired) electrons. The molecule has 0 saturated heterocycles. The van der Waals surface area contributed by atoms with Crippen molar-refractivity contribution in [2.75, 3.05) is 20.2 Å². The van der Waals surface area contributed by atoms with Crippen LogP contribution in [-0.2, 0) is 14.3 Å². The van der Waals surface area contributed by atoms with Gasteiger partial charge in [0.05, 0.1) is 20.0 Å². The number of rotatable bonds is 9. The van der Waals surface area contributed by atoms with Gasteiger partial charge in [-0.1, -0.05) is 0 Å². The summed E-state index contributed by atoms with van der Waals surface area (Å²) in [5.41, 5.74) is -0.329. The lowest BCUT2D eigenvalue weighted by atomic mass is 10.0. The van der Waals surface area contributed by atoms with Crippen molar-refractivity contribution in [3.8, 4) is 0 Å². The molecule has 1 unspecified atom stereocenters. The maximum absolute atomic E-state index is 11.1. The Hall–Kier alpha value is -1.14. The van der Waals surface area contributed by atoms with E-state index in [0.717, 1.165) is 0 Å². The molecular formula is C12H24N2O4. The first-order valence-corrected chi connectivity index (χ1v) is 6.04. The first-order chi connectivity index (χ1) is 8.26. The second kappa shape index (κ2) is 8.05. The molecule has 0 aliphatic rings. The Balaban J connectivity index is 3.76. The molecule has 0 aliphatic carbocycles. The summed E-state index contributed by atoms with van der Waals surface area (Å²) in [5, 5.41) is 14.9. The van der Waals surface area contributed by atoms with Crippen LogP contribution in [0, 0.1) is 0 Å². The number of carbonyl (C=O) groups excluding carboxylic acids is 1. The second-order valence-electron chi connectivity index (χ2n) is 5.02. The van der Waals surface area contributed by atoms with Crippen molar-refractivity contribution in [1.29, 1.82) is 0 Å². The molecule has 0 amide bonds. The predicted octanol–water partition coefficient (Wildman–Crippen LogP) is 0.371. The van der Waals surface area contributed by atoms with Crippen LogP contribution in [0.2, 0.25) is 0 Å². The molecule has 0 heterocycles. The molecule has 0 bridgehead atoms. The van der Waals surface area contributed by atoms with Crippen LogP contribution in [0.15, 0.2) is 0 Å². The predicted molar refractivity (Wildman–Crippen MR) is 68.4 cm³/mol. The Morgan fingerprint density at radius 1 is 1.33 bits per heavy atom. The molecule has 0 fully saturated rings. The molecule has 0 aromatic rings. The van der Waals surface area contributed by atoms with Crippen molar-refractivity contribution in [3.63, 3.8) is 0 Å². The fourth-order valence-corrected chi connectivity index (χ4v) is 1.55. The number of carboxylic acids is 1. The van der Waals surface area contributed by atoms with Gasteiger partial charge in [0.25, 0.3) is 0 Å². The molecule has 0 saturated carbocycles. The number of methoxy groups -OCH3 is 1. The lowest BCUT2D eigenvalue weighted by Crippen LogP contribution is -2.45. The van der Waals surface area contributed by atoms with Crippen LogP contribution in [0.4, 0.5) is 0 Å². The summed E-state index contributed by atoms with van der Waals surface area (Å²) in [6, 6.07) is -0.0620. The average molecular weight is 260 g/mol. The SMILES string of the molecule is COC(=O)CC(C)(C)NCCNC(C)CC(=O)O. The Labute approximate surface area is 108 Å². The highest BCUT2D eigenvalue weighted by molar-refractivity contribution is 5.70. The Bertz CT molecular complexity index is 279. The van der Waals surface area contributed by atoms with E-state index < -0.39 is 5.97 Å². The Morgan fingerprint density at radius 2 is 1.94 bits per heavy atom. The van der Waals surface area contributed by atoms with Crippen molar-refractivity contribution in [3.05, 3.63) is 0 Å². The maximum atomic E-state index is 11.1. The fraction of sp³-hybridized carbons (Fsp3) is 0.833. The molecule has 0 spiro atoms. The quantitative estimate of drug-likeness (QED) is 0.410. The van der Waals surface area contributed by atoms with E-state index in [0.29, 0.717) is 19.5 Å². The zero-order chi connectivity index (χ0) is 14.2.